The Morgan fingerprint density at radius 2 is 1.81 bits per heavy atom. The molecule has 0 radical (unpaired) electrons. The minimum atomic E-state index is -3.86. The highest BCUT2D eigenvalue weighted by Crippen LogP contribution is 2.15. The molecular formula is C12H14ClNO6S. The van der Waals surface area contributed by atoms with Crippen LogP contribution in [0.5, 0.6) is 0 Å². The van der Waals surface area contributed by atoms with E-state index >= 15 is 0 Å². The van der Waals surface area contributed by atoms with Gasteiger partial charge in [0.25, 0.3) is 0 Å². The van der Waals surface area contributed by atoms with Crippen molar-refractivity contribution in [1.29, 1.82) is 0 Å². The minimum Gasteiger partial charge on any atom is -0.479 e. The highest BCUT2D eigenvalue weighted by atomic mass is 35.5. The summed E-state index contributed by atoms with van der Waals surface area (Å²) in [6.07, 6.45) is 0. The number of carbonyl (C=O) groups excluding carboxylic acids is 1. The van der Waals surface area contributed by atoms with Crippen LogP contribution in [0.2, 0.25) is 5.02 Å². The van der Waals surface area contributed by atoms with Gasteiger partial charge in [0, 0.05) is 5.02 Å². The van der Waals surface area contributed by atoms with E-state index in [9.17, 15) is 23.1 Å². The molecule has 7 nitrogen and oxygen atoms in total. The van der Waals surface area contributed by atoms with Gasteiger partial charge in [0.1, 0.15) is 5.75 Å². The van der Waals surface area contributed by atoms with Gasteiger partial charge in [-0.25, -0.2) is 13.2 Å². The van der Waals surface area contributed by atoms with Gasteiger partial charge in [0.2, 0.25) is 5.91 Å². The Balaban J connectivity index is 2.70. The second-order valence-electron chi connectivity index (χ2n) is 4.57. The number of hydrogen-bond acceptors (Lipinski definition) is 5. The molecule has 0 aromatic heterocycles. The summed E-state index contributed by atoms with van der Waals surface area (Å²) in [4.78, 5) is 22.1. The summed E-state index contributed by atoms with van der Waals surface area (Å²) in [5.41, 5.74) is -2.17. The second-order valence-corrected chi connectivity index (χ2v) is 6.99. The molecule has 1 unspecified atom stereocenters. The molecule has 0 saturated heterocycles. The van der Waals surface area contributed by atoms with Crippen molar-refractivity contribution >= 4 is 33.3 Å². The summed E-state index contributed by atoms with van der Waals surface area (Å²) >= 11 is 5.64. The minimum absolute atomic E-state index is 0.0768. The number of benzene rings is 1. The molecule has 0 heterocycles. The van der Waals surface area contributed by atoms with Crippen LogP contribution in [0.4, 0.5) is 0 Å². The predicted molar refractivity (Wildman–Crippen MR) is 74.8 cm³/mol. The number of halogens is 1. The van der Waals surface area contributed by atoms with Crippen molar-refractivity contribution < 1.29 is 28.2 Å². The second kappa shape index (κ2) is 6.42. The molecule has 3 N–H and O–H groups in total. The molecule has 0 fully saturated rings. The quantitative estimate of drug-likeness (QED) is 0.676. The number of carboxylic acids is 1. The summed E-state index contributed by atoms with van der Waals surface area (Å²) < 4.78 is 23.9. The summed E-state index contributed by atoms with van der Waals surface area (Å²) in [7, 11) is -3.86. The van der Waals surface area contributed by atoms with Gasteiger partial charge in [0.15, 0.2) is 15.4 Å². The smallest absolute Gasteiger partial charge is 0.337 e. The zero-order valence-corrected chi connectivity index (χ0v) is 12.6. The maximum Gasteiger partial charge on any atom is 0.337 e. The van der Waals surface area contributed by atoms with Crippen molar-refractivity contribution in [3.05, 3.63) is 29.3 Å². The molecule has 0 bridgehead atoms. The van der Waals surface area contributed by atoms with E-state index in [0.717, 1.165) is 6.92 Å². The van der Waals surface area contributed by atoms with E-state index in [-0.39, 0.29) is 4.90 Å². The number of amides is 1. The average Bonchev–Trinajstić information content (AvgIpc) is 2.36. The van der Waals surface area contributed by atoms with Crippen molar-refractivity contribution in [2.75, 3.05) is 12.3 Å². The lowest BCUT2D eigenvalue weighted by molar-refractivity contribution is -0.156. The van der Waals surface area contributed by atoms with Gasteiger partial charge >= 0.3 is 5.97 Å². The highest BCUT2D eigenvalue weighted by Gasteiger charge is 2.31. The lowest BCUT2D eigenvalue weighted by Crippen LogP contribution is -2.47. The number of rotatable bonds is 6. The van der Waals surface area contributed by atoms with Crippen molar-refractivity contribution in [1.82, 2.24) is 5.32 Å². The molecule has 0 aliphatic heterocycles. The zero-order valence-electron chi connectivity index (χ0n) is 11.0. The van der Waals surface area contributed by atoms with Crippen LogP contribution in [0, 0.1) is 0 Å². The van der Waals surface area contributed by atoms with Crippen LogP contribution in [-0.4, -0.2) is 48.4 Å². The zero-order chi connectivity index (χ0) is 16.3. The van der Waals surface area contributed by atoms with Crippen LogP contribution in [-0.2, 0) is 19.4 Å². The first-order valence-electron chi connectivity index (χ1n) is 5.75. The van der Waals surface area contributed by atoms with Crippen LogP contribution >= 0.6 is 11.6 Å². The first-order chi connectivity index (χ1) is 9.54. The number of carboxylic acid groups (broad SMARTS) is 1. The van der Waals surface area contributed by atoms with Gasteiger partial charge in [-0.05, 0) is 31.2 Å². The summed E-state index contributed by atoms with van der Waals surface area (Å²) in [5.74, 6) is -3.29. The van der Waals surface area contributed by atoms with Gasteiger partial charge in [-0.2, -0.15) is 0 Å². The fourth-order valence-corrected chi connectivity index (χ4v) is 2.59. The van der Waals surface area contributed by atoms with Crippen molar-refractivity contribution in [2.45, 2.75) is 17.4 Å². The van der Waals surface area contributed by atoms with E-state index in [1.54, 1.807) is 0 Å². The SMILES string of the molecule is CC(O)(CNC(=O)CS(=O)(=O)c1ccc(Cl)cc1)C(=O)O. The Hall–Kier alpha value is -1.64. The maximum absolute atomic E-state index is 11.9. The van der Waals surface area contributed by atoms with Gasteiger partial charge in [-0.15, -0.1) is 0 Å². The molecule has 0 spiro atoms. The third-order valence-electron chi connectivity index (χ3n) is 2.58. The molecule has 0 aliphatic rings. The van der Waals surface area contributed by atoms with Crippen LogP contribution in [0.1, 0.15) is 6.92 Å². The average molecular weight is 336 g/mol. The molecule has 9 heteroatoms. The maximum atomic E-state index is 11.9. The standard InChI is InChI=1S/C12H14ClNO6S/c1-12(18,11(16)17)7-14-10(15)6-21(19,20)9-4-2-8(13)3-5-9/h2-5,18H,6-7H2,1H3,(H,14,15)(H,16,17). The first-order valence-corrected chi connectivity index (χ1v) is 7.78. The van der Waals surface area contributed by atoms with Gasteiger partial charge < -0.3 is 15.5 Å². The van der Waals surface area contributed by atoms with Crippen LogP contribution in [0.15, 0.2) is 29.2 Å². The third-order valence-corrected chi connectivity index (χ3v) is 4.47. The number of carbonyl (C=O) groups is 2. The van der Waals surface area contributed by atoms with E-state index in [1.165, 1.54) is 24.3 Å². The van der Waals surface area contributed by atoms with Gasteiger partial charge in [-0.1, -0.05) is 11.6 Å². The van der Waals surface area contributed by atoms with E-state index in [0.29, 0.717) is 5.02 Å². The molecule has 1 amide bonds. The molecule has 1 aromatic rings. The number of nitrogens with one attached hydrogen (secondary N) is 1. The van der Waals surface area contributed by atoms with Gasteiger partial charge in [0.05, 0.1) is 11.4 Å². The number of hydrogen-bond donors (Lipinski definition) is 3. The molecule has 1 rings (SSSR count). The van der Waals surface area contributed by atoms with Gasteiger partial charge in [-0.3, -0.25) is 4.79 Å². The van der Waals surface area contributed by atoms with E-state index in [4.69, 9.17) is 16.7 Å². The molecule has 0 aliphatic carbocycles. The molecular weight excluding hydrogens is 322 g/mol. The Morgan fingerprint density at radius 1 is 1.29 bits per heavy atom. The molecule has 0 saturated carbocycles. The Morgan fingerprint density at radius 3 is 2.29 bits per heavy atom. The Kier molecular flexibility index (Phi) is 5.32. The number of aliphatic hydroxyl groups is 1. The Labute approximate surface area is 126 Å². The highest BCUT2D eigenvalue weighted by molar-refractivity contribution is 7.92. The largest absolute Gasteiger partial charge is 0.479 e. The summed E-state index contributed by atoms with van der Waals surface area (Å²) in [5, 5.41) is 20.5. The topological polar surface area (TPSA) is 121 Å². The summed E-state index contributed by atoms with van der Waals surface area (Å²) in [6, 6.07) is 5.28. The Bertz CT molecular complexity index is 638. The third kappa shape index (κ3) is 5.00. The lowest BCUT2D eigenvalue weighted by Gasteiger charge is -2.18. The monoisotopic (exact) mass is 335 g/mol. The fraction of sp³-hybridized carbons (Fsp3) is 0.333. The van der Waals surface area contributed by atoms with Crippen molar-refractivity contribution in [3.8, 4) is 0 Å². The molecule has 21 heavy (non-hydrogen) atoms. The predicted octanol–water partition coefficient (Wildman–Crippen LogP) is 0.0655. The molecule has 116 valence electrons. The van der Waals surface area contributed by atoms with Crippen LogP contribution < -0.4 is 5.32 Å². The molecule has 1 atom stereocenters. The van der Waals surface area contributed by atoms with Crippen molar-refractivity contribution in [3.63, 3.8) is 0 Å². The van der Waals surface area contributed by atoms with Crippen molar-refractivity contribution in [2.24, 2.45) is 0 Å². The normalized spacial score (nSPS) is 14.2. The van der Waals surface area contributed by atoms with Crippen LogP contribution in [0.25, 0.3) is 0 Å². The first kappa shape index (κ1) is 17.4. The van der Waals surface area contributed by atoms with E-state index in [2.05, 4.69) is 5.32 Å². The van der Waals surface area contributed by atoms with E-state index < -0.39 is 39.6 Å². The number of sulfone groups is 1. The van der Waals surface area contributed by atoms with Crippen LogP contribution in [0.3, 0.4) is 0 Å². The lowest BCUT2D eigenvalue weighted by atomic mass is 10.1. The fourth-order valence-electron chi connectivity index (χ4n) is 1.30. The summed E-state index contributed by atoms with van der Waals surface area (Å²) in [6.45, 7) is 0.389. The number of aliphatic carboxylic acids is 1. The van der Waals surface area contributed by atoms with E-state index in [1.807, 2.05) is 0 Å². The molecule has 1 aromatic carbocycles.